The van der Waals surface area contributed by atoms with Crippen molar-refractivity contribution >= 4 is 55.5 Å². The molecular formula is C42H40Cl2N6. The lowest BCUT2D eigenvalue weighted by molar-refractivity contribution is -0.538. The van der Waals surface area contributed by atoms with Crippen molar-refractivity contribution in [2.24, 2.45) is 0 Å². The van der Waals surface area contributed by atoms with Crippen LogP contribution in [0.15, 0.2) is 109 Å². The van der Waals surface area contributed by atoms with Crippen molar-refractivity contribution in [1.82, 2.24) is 9.97 Å². The molecule has 0 aliphatic rings. The Morgan fingerprint density at radius 1 is 0.380 bits per heavy atom. The average Bonchev–Trinajstić information content (AvgIpc) is 3.07. The molecule has 0 radical (unpaired) electrons. The van der Waals surface area contributed by atoms with Crippen LogP contribution in [0.3, 0.4) is 0 Å². The molecule has 0 fully saturated rings. The predicted octanol–water partition coefficient (Wildman–Crippen LogP) is 2.35. The fourth-order valence-corrected chi connectivity index (χ4v) is 6.27. The zero-order valence-corrected chi connectivity index (χ0v) is 30.6. The van der Waals surface area contributed by atoms with E-state index in [1.54, 1.807) is 0 Å². The van der Waals surface area contributed by atoms with Gasteiger partial charge in [-0.25, -0.2) is 9.97 Å². The Labute approximate surface area is 305 Å². The van der Waals surface area contributed by atoms with Gasteiger partial charge in [0.25, 0.3) is 0 Å². The summed E-state index contributed by atoms with van der Waals surface area (Å²) in [6.45, 7) is 12.6. The Morgan fingerprint density at radius 2 is 0.660 bits per heavy atom. The topological polar surface area (TPSA) is 85.6 Å². The number of aromatic nitrogens is 4. The molecule has 2 aromatic heterocycles. The number of nitrogen functional groups attached to an aromatic ring is 2. The van der Waals surface area contributed by atoms with Crippen molar-refractivity contribution in [3.8, 4) is 11.4 Å². The summed E-state index contributed by atoms with van der Waals surface area (Å²) in [5.41, 5.74) is 31.5. The zero-order chi connectivity index (χ0) is 33.7. The van der Waals surface area contributed by atoms with Gasteiger partial charge in [0.15, 0.2) is 0 Å². The van der Waals surface area contributed by atoms with E-state index in [1.165, 1.54) is 22.3 Å². The first-order valence-corrected chi connectivity index (χ1v) is 16.3. The minimum Gasteiger partial charge on any atom is -1.00 e. The molecule has 8 heteroatoms. The highest BCUT2D eigenvalue weighted by Gasteiger charge is 2.22. The molecule has 6 nitrogen and oxygen atoms in total. The van der Waals surface area contributed by atoms with E-state index in [-0.39, 0.29) is 24.8 Å². The maximum absolute atomic E-state index is 6.19. The van der Waals surface area contributed by atoms with Crippen LogP contribution in [0.25, 0.3) is 55.5 Å². The van der Waals surface area contributed by atoms with Crippen LogP contribution in [0.1, 0.15) is 33.4 Å². The molecule has 0 aliphatic heterocycles. The summed E-state index contributed by atoms with van der Waals surface area (Å²) >= 11 is 0. The van der Waals surface area contributed by atoms with Gasteiger partial charge < -0.3 is 36.3 Å². The van der Waals surface area contributed by atoms with Gasteiger partial charge in [-0.1, -0.05) is 36.4 Å². The highest BCUT2D eigenvalue weighted by atomic mass is 35.5. The minimum absolute atomic E-state index is 0. The number of hydrogen-bond acceptors (Lipinski definition) is 4. The number of para-hydroxylation sites is 2. The lowest BCUT2D eigenvalue weighted by atomic mass is 10.1. The van der Waals surface area contributed by atoms with Gasteiger partial charge in [-0.15, -0.1) is 9.13 Å². The molecule has 4 N–H and O–H groups in total. The summed E-state index contributed by atoms with van der Waals surface area (Å²) in [5, 5.41) is 0. The lowest BCUT2D eigenvalue weighted by Gasteiger charge is -2.09. The second kappa shape index (κ2) is 14.3. The van der Waals surface area contributed by atoms with Gasteiger partial charge in [0.05, 0.1) is 0 Å². The van der Waals surface area contributed by atoms with E-state index in [4.69, 9.17) is 21.4 Å². The third-order valence-electron chi connectivity index (χ3n) is 9.38. The first-order chi connectivity index (χ1) is 23.1. The molecule has 0 amide bonds. The van der Waals surface area contributed by atoms with Crippen LogP contribution in [-0.4, -0.2) is 9.97 Å². The largest absolute Gasteiger partial charge is 1.00 e. The summed E-state index contributed by atoms with van der Waals surface area (Å²) in [6.07, 6.45) is 0. The summed E-state index contributed by atoms with van der Waals surface area (Å²) in [4.78, 5) is 9.78. The van der Waals surface area contributed by atoms with Crippen LogP contribution in [0.2, 0.25) is 0 Å². The number of nitrogens with zero attached hydrogens (tertiary/aromatic N) is 4. The number of fused-ring (bicyclic) bond motifs is 4. The quantitative estimate of drug-likeness (QED) is 0.165. The summed E-state index contributed by atoms with van der Waals surface area (Å²) in [7, 11) is 0. The maximum atomic E-state index is 6.19. The Morgan fingerprint density at radius 3 is 1.00 bits per heavy atom. The molecule has 2 heterocycles. The van der Waals surface area contributed by atoms with Crippen LogP contribution in [0.5, 0.6) is 0 Å². The van der Waals surface area contributed by atoms with Crippen LogP contribution >= 0.6 is 0 Å². The van der Waals surface area contributed by atoms with Gasteiger partial charge in [0, 0.05) is 59.9 Å². The average molecular weight is 700 g/mol. The van der Waals surface area contributed by atoms with Gasteiger partial charge in [-0.05, 0) is 99.2 Å². The second-order valence-corrected chi connectivity index (χ2v) is 12.8. The number of anilines is 2. The number of hydrogen-bond donors (Lipinski definition) is 2. The molecule has 6 aromatic carbocycles. The van der Waals surface area contributed by atoms with Gasteiger partial charge in [-0.3, -0.25) is 0 Å². The minimum atomic E-state index is 0. The molecular weight excluding hydrogens is 659 g/mol. The van der Waals surface area contributed by atoms with Crippen molar-refractivity contribution in [3.05, 3.63) is 143 Å². The lowest BCUT2D eigenvalue weighted by Crippen LogP contribution is -3.00. The molecule has 0 saturated carbocycles. The molecule has 0 saturated heterocycles. The van der Waals surface area contributed by atoms with Crippen molar-refractivity contribution in [2.45, 2.75) is 41.5 Å². The summed E-state index contributed by atoms with van der Waals surface area (Å²) in [6, 6.07) is 37.7. The zero-order valence-electron chi connectivity index (χ0n) is 29.1. The third kappa shape index (κ3) is 6.52. The maximum Gasteiger partial charge on any atom is 0.239 e. The van der Waals surface area contributed by atoms with Gasteiger partial charge in [0.2, 0.25) is 33.4 Å². The van der Waals surface area contributed by atoms with Gasteiger partial charge in [-0.2, -0.15) is 0 Å². The Balaban J connectivity index is 0.000000187. The van der Waals surface area contributed by atoms with E-state index in [9.17, 15) is 0 Å². The van der Waals surface area contributed by atoms with Crippen molar-refractivity contribution in [1.29, 1.82) is 0 Å². The van der Waals surface area contributed by atoms with Gasteiger partial charge in [0.1, 0.15) is 22.1 Å². The molecule has 0 atom stereocenters. The van der Waals surface area contributed by atoms with E-state index >= 15 is 0 Å². The van der Waals surface area contributed by atoms with Crippen LogP contribution in [-0.2, 0) is 0 Å². The number of rotatable bonds is 2. The monoisotopic (exact) mass is 698 g/mol. The summed E-state index contributed by atoms with van der Waals surface area (Å²) in [5.74, 6) is 0. The molecule has 0 aliphatic carbocycles. The standard InChI is InChI=1S/2C21H19N3.2ClH/c2*1-13-9-18-20(11-14(13)2)24(16-7-5-4-6-8-16)21-12-17(22)15(3)10-19(21)23-18;;/h2*4-12,22H,1-3H3;2*1H. The molecule has 0 unspecified atom stereocenters. The first-order valence-electron chi connectivity index (χ1n) is 16.3. The molecule has 8 aromatic rings. The Hall–Kier alpha value is -5.30. The Kier molecular flexibility index (Phi) is 10.3. The van der Waals surface area contributed by atoms with Crippen molar-refractivity contribution < 1.29 is 33.9 Å². The molecule has 252 valence electrons. The van der Waals surface area contributed by atoms with E-state index in [0.29, 0.717) is 0 Å². The SMILES string of the molecule is Cc1cc2nc3cc(C)c(N)cc3[n+](-c3ccccc3)c2cc1C.Cc1cc2nc3cc(C)c(N)cc3[n+](-c3ccccc3)c2cc1C.[Cl-].[Cl-]. The van der Waals surface area contributed by atoms with Crippen LogP contribution in [0.4, 0.5) is 11.4 Å². The van der Waals surface area contributed by atoms with Crippen LogP contribution in [0, 0.1) is 41.5 Å². The van der Waals surface area contributed by atoms with Crippen LogP contribution < -0.4 is 45.4 Å². The van der Waals surface area contributed by atoms with E-state index in [1.807, 2.05) is 38.1 Å². The normalized spacial score (nSPS) is 10.8. The second-order valence-electron chi connectivity index (χ2n) is 12.8. The highest BCUT2D eigenvalue weighted by molar-refractivity contribution is 5.87. The number of nitrogens with two attached hydrogens (primary N) is 2. The molecule has 50 heavy (non-hydrogen) atoms. The number of halogens is 2. The first kappa shape index (κ1) is 36.0. The van der Waals surface area contributed by atoms with E-state index < -0.39 is 0 Å². The molecule has 0 bridgehead atoms. The third-order valence-corrected chi connectivity index (χ3v) is 9.38. The fraction of sp³-hybridized carbons (Fsp3) is 0.143. The van der Waals surface area contributed by atoms with Gasteiger partial charge >= 0.3 is 0 Å². The molecule has 0 spiro atoms. The Bertz CT molecular complexity index is 2220. The highest BCUT2D eigenvalue weighted by Crippen LogP contribution is 2.25. The summed E-state index contributed by atoms with van der Waals surface area (Å²) < 4.78 is 4.50. The predicted molar refractivity (Wildman–Crippen MR) is 199 cm³/mol. The van der Waals surface area contributed by atoms with E-state index in [0.717, 1.165) is 78.0 Å². The number of benzene rings is 6. The fourth-order valence-electron chi connectivity index (χ4n) is 6.27. The van der Waals surface area contributed by atoms with E-state index in [2.05, 4.69) is 122 Å². The molecule has 8 rings (SSSR count). The number of aryl methyl sites for hydroxylation is 6. The smallest absolute Gasteiger partial charge is 0.239 e. The van der Waals surface area contributed by atoms with Crippen molar-refractivity contribution in [3.63, 3.8) is 0 Å². The van der Waals surface area contributed by atoms with Crippen molar-refractivity contribution in [2.75, 3.05) is 11.5 Å².